The molecule has 0 saturated carbocycles. The van der Waals surface area contributed by atoms with Gasteiger partial charge in [-0.1, -0.05) is 38.5 Å². The summed E-state index contributed by atoms with van der Waals surface area (Å²) in [5.41, 5.74) is 0. The highest BCUT2D eigenvalue weighted by molar-refractivity contribution is 5.82. The van der Waals surface area contributed by atoms with Gasteiger partial charge in [0.25, 0.3) is 0 Å². The third-order valence-corrected chi connectivity index (χ3v) is 3.92. The number of aliphatic hydroxyl groups excluding tert-OH is 3. The fourth-order valence-corrected chi connectivity index (χ4v) is 2.43. The zero-order valence-corrected chi connectivity index (χ0v) is 12.8. The first-order chi connectivity index (χ1) is 10.0. The van der Waals surface area contributed by atoms with Gasteiger partial charge in [-0.15, -0.1) is 0 Å². The summed E-state index contributed by atoms with van der Waals surface area (Å²) in [5.74, 6) is -0.611. The van der Waals surface area contributed by atoms with Crippen molar-refractivity contribution in [1.29, 1.82) is 0 Å². The van der Waals surface area contributed by atoms with Gasteiger partial charge in [-0.2, -0.15) is 0 Å². The number of hydrogen-bond acceptors (Lipinski definition) is 5. The Morgan fingerprint density at radius 2 is 1.48 bits per heavy atom. The summed E-state index contributed by atoms with van der Waals surface area (Å²) < 4.78 is 5.08. The van der Waals surface area contributed by atoms with Gasteiger partial charge in [0.1, 0.15) is 6.10 Å². The van der Waals surface area contributed by atoms with E-state index in [0.29, 0.717) is 12.8 Å². The molecule has 0 spiro atoms. The van der Waals surface area contributed by atoms with E-state index in [0.717, 1.165) is 44.6 Å². The zero-order valence-electron chi connectivity index (χ0n) is 12.8. The lowest BCUT2D eigenvalue weighted by Crippen LogP contribution is -2.28. The molecule has 1 aliphatic heterocycles. The fourth-order valence-electron chi connectivity index (χ4n) is 2.43. The van der Waals surface area contributed by atoms with E-state index >= 15 is 0 Å². The maximum absolute atomic E-state index is 11.6. The van der Waals surface area contributed by atoms with Crippen molar-refractivity contribution in [3.8, 4) is 0 Å². The van der Waals surface area contributed by atoms with Crippen LogP contribution in [0.1, 0.15) is 58.3 Å². The molecule has 0 aromatic carbocycles. The zero-order chi connectivity index (χ0) is 15.7. The number of esters is 1. The quantitative estimate of drug-likeness (QED) is 0.593. The van der Waals surface area contributed by atoms with Gasteiger partial charge in [0.05, 0.1) is 18.3 Å². The molecule has 3 N–H and O–H groups in total. The number of rotatable bonds is 0. The minimum atomic E-state index is -1.06. The van der Waals surface area contributed by atoms with Gasteiger partial charge in [-0.05, 0) is 25.8 Å². The lowest BCUT2D eigenvalue weighted by Gasteiger charge is -2.19. The lowest BCUT2D eigenvalue weighted by atomic mass is 10.0. The molecule has 0 amide bonds. The lowest BCUT2D eigenvalue weighted by molar-refractivity contribution is -0.147. The Bertz CT molecular complexity index is 329. The van der Waals surface area contributed by atoms with Gasteiger partial charge in [-0.25, -0.2) is 4.79 Å². The number of carbonyl (C=O) groups excluding carboxylic acids is 1. The van der Waals surface area contributed by atoms with Gasteiger partial charge in [0.2, 0.25) is 0 Å². The second-order valence-electron chi connectivity index (χ2n) is 5.83. The smallest absolute Gasteiger partial charge is 0.330 e. The van der Waals surface area contributed by atoms with E-state index in [4.69, 9.17) is 4.74 Å². The number of hydrogen-bond donors (Lipinski definition) is 3. The SMILES string of the molecule is C[C@H]1OC(=O)/C=C/[C@@H](O)[C@@H](O)CCCCCCCC[C@@H]1O. The van der Waals surface area contributed by atoms with E-state index in [1.165, 1.54) is 6.08 Å². The van der Waals surface area contributed by atoms with Crippen molar-refractivity contribution in [3.63, 3.8) is 0 Å². The van der Waals surface area contributed by atoms with Gasteiger partial charge >= 0.3 is 5.97 Å². The molecular formula is C16H28O5. The Labute approximate surface area is 126 Å². The van der Waals surface area contributed by atoms with Crippen LogP contribution in [0.25, 0.3) is 0 Å². The molecule has 5 heteroatoms. The largest absolute Gasteiger partial charge is 0.457 e. The molecule has 0 aromatic heterocycles. The average Bonchev–Trinajstić information content (AvgIpc) is 2.45. The molecule has 0 saturated heterocycles. The Kier molecular flexibility index (Phi) is 8.57. The summed E-state index contributed by atoms with van der Waals surface area (Å²) in [7, 11) is 0. The van der Waals surface area contributed by atoms with Crippen LogP contribution in [0.15, 0.2) is 12.2 Å². The summed E-state index contributed by atoms with van der Waals surface area (Å²) in [6.07, 6.45) is 6.39. The third kappa shape index (κ3) is 7.60. The molecule has 122 valence electrons. The number of cyclic esters (lactones) is 1. The van der Waals surface area contributed by atoms with Crippen LogP contribution >= 0.6 is 0 Å². The van der Waals surface area contributed by atoms with Gasteiger partial charge in [0.15, 0.2) is 0 Å². The predicted octanol–water partition coefficient (Wildman–Crippen LogP) is 1.69. The second-order valence-corrected chi connectivity index (χ2v) is 5.83. The summed E-state index contributed by atoms with van der Waals surface area (Å²) in [5, 5.41) is 29.4. The standard InChI is InChI=1S/C16H28O5/c1-12-13(17)8-6-4-2-3-5-7-9-14(18)15(19)10-11-16(20)21-12/h10-15,17-19H,2-9H2,1H3/b11-10+/t12-,13+,14+,15-/m1/s1. The number of aliphatic hydroxyl groups is 3. The summed E-state index contributed by atoms with van der Waals surface area (Å²) in [4.78, 5) is 11.6. The van der Waals surface area contributed by atoms with Crippen molar-refractivity contribution in [2.45, 2.75) is 82.7 Å². The van der Waals surface area contributed by atoms with Crippen molar-refractivity contribution >= 4 is 5.97 Å². The molecule has 1 aliphatic rings. The fraction of sp³-hybridized carbons (Fsp3) is 0.812. The van der Waals surface area contributed by atoms with Crippen LogP contribution in [-0.4, -0.2) is 45.7 Å². The summed E-state index contributed by atoms with van der Waals surface area (Å²) in [6.45, 7) is 1.66. The molecule has 5 nitrogen and oxygen atoms in total. The highest BCUT2D eigenvalue weighted by atomic mass is 16.6. The molecule has 0 bridgehead atoms. The van der Waals surface area contributed by atoms with E-state index in [2.05, 4.69) is 0 Å². The van der Waals surface area contributed by atoms with Gasteiger partial charge in [0, 0.05) is 6.08 Å². The van der Waals surface area contributed by atoms with Crippen molar-refractivity contribution in [2.24, 2.45) is 0 Å². The van der Waals surface area contributed by atoms with Crippen molar-refractivity contribution in [1.82, 2.24) is 0 Å². The maximum Gasteiger partial charge on any atom is 0.330 e. The van der Waals surface area contributed by atoms with E-state index in [-0.39, 0.29) is 0 Å². The number of ether oxygens (including phenoxy) is 1. The van der Waals surface area contributed by atoms with Crippen LogP contribution in [0.2, 0.25) is 0 Å². The Morgan fingerprint density at radius 3 is 2.10 bits per heavy atom. The highest BCUT2D eigenvalue weighted by Crippen LogP contribution is 2.15. The Hall–Kier alpha value is -0.910. The topological polar surface area (TPSA) is 87.0 Å². The minimum absolute atomic E-state index is 0.523. The average molecular weight is 300 g/mol. The van der Waals surface area contributed by atoms with Crippen molar-refractivity contribution in [2.75, 3.05) is 0 Å². The molecular weight excluding hydrogens is 272 g/mol. The summed E-state index contributed by atoms with van der Waals surface area (Å²) in [6, 6.07) is 0. The Balaban J connectivity index is 2.58. The van der Waals surface area contributed by atoms with Crippen LogP contribution in [0.3, 0.4) is 0 Å². The Morgan fingerprint density at radius 1 is 0.952 bits per heavy atom. The van der Waals surface area contributed by atoms with E-state index in [1.807, 2.05) is 0 Å². The second kappa shape index (κ2) is 9.92. The molecule has 4 atom stereocenters. The molecule has 1 heterocycles. The number of carbonyl (C=O) groups is 1. The minimum Gasteiger partial charge on any atom is -0.457 e. The van der Waals surface area contributed by atoms with Crippen LogP contribution in [0.5, 0.6) is 0 Å². The molecule has 1 rings (SSSR count). The normalized spacial score (nSPS) is 35.9. The van der Waals surface area contributed by atoms with Crippen molar-refractivity contribution in [3.05, 3.63) is 12.2 Å². The van der Waals surface area contributed by atoms with E-state index < -0.39 is 30.4 Å². The van der Waals surface area contributed by atoms with E-state index in [9.17, 15) is 20.1 Å². The monoisotopic (exact) mass is 300 g/mol. The molecule has 21 heavy (non-hydrogen) atoms. The molecule has 0 radical (unpaired) electrons. The predicted molar refractivity (Wildman–Crippen MR) is 79.7 cm³/mol. The molecule has 0 aromatic rings. The van der Waals surface area contributed by atoms with Crippen molar-refractivity contribution < 1.29 is 24.9 Å². The molecule has 0 unspecified atom stereocenters. The molecule has 0 aliphatic carbocycles. The van der Waals surface area contributed by atoms with E-state index in [1.54, 1.807) is 6.92 Å². The van der Waals surface area contributed by atoms with Crippen LogP contribution in [0, 0.1) is 0 Å². The first-order valence-corrected chi connectivity index (χ1v) is 7.93. The van der Waals surface area contributed by atoms with Crippen LogP contribution < -0.4 is 0 Å². The van der Waals surface area contributed by atoms with Gasteiger partial charge in [-0.3, -0.25) is 0 Å². The first kappa shape index (κ1) is 18.1. The third-order valence-electron chi connectivity index (χ3n) is 3.92. The van der Waals surface area contributed by atoms with Crippen LogP contribution in [0.4, 0.5) is 0 Å². The highest BCUT2D eigenvalue weighted by Gasteiger charge is 2.18. The van der Waals surface area contributed by atoms with Gasteiger partial charge < -0.3 is 20.1 Å². The first-order valence-electron chi connectivity index (χ1n) is 7.93. The maximum atomic E-state index is 11.6. The van der Waals surface area contributed by atoms with Crippen LogP contribution in [-0.2, 0) is 9.53 Å². The summed E-state index contributed by atoms with van der Waals surface area (Å²) >= 11 is 0. The molecule has 0 fully saturated rings.